The summed E-state index contributed by atoms with van der Waals surface area (Å²) in [4.78, 5) is 10.9. The first kappa shape index (κ1) is 23.5. The summed E-state index contributed by atoms with van der Waals surface area (Å²) in [6.45, 7) is 7.32. The number of carboxylic acids is 1. The molecule has 5 nitrogen and oxygen atoms in total. The van der Waals surface area contributed by atoms with Crippen LogP contribution >= 0.6 is 0 Å². The molecule has 4 aliphatic rings. The van der Waals surface area contributed by atoms with Crippen LogP contribution in [0.15, 0.2) is 0 Å². The number of hydrogen-bond acceptors (Lipinski definition) is 4. The number of aliphatic hydroxyl groups is 3. The van der Waals surface area contributed by atoms with Crippen LogP contribution in [0.1, 0.15) is 91.4 Å². The van der Waals surface area contributed by atoms with Crippen molar-refractivity contribution in [1.29, 1.82) is 0 Å². The molecule has 5 heteroatoms. The summed E-state index contributed by atoms with van der Waals surface area (Å²) in [5.74, 6) is 2.79. The van der Waals surface area contributed by atoms with Crippen LogP contribution in [0.2, 0.25) is 0 Å². The fourth-order valence-electron chi connectivity index (χ4n) is 9.17. The van der Waals surface area contributed by atoms with E-state index in [0.29, 0.717) is 35.0 Å². The molecule has 0 aromatic rings. The summed E-state index contributed by atoms with van der Waals surface area (Å²) in [5, 5.41) is 38.8. The highest BCUT2D eigenvalue weighted by Crippen LogP contribution is 2.68. The highest BCUT2D eigenvalue weighted by atomic mass is 16.4. The van der Waals surface area contributed by atoms with Crippen molar-refractivity contribution in [2.75, 3.05) is 0 Å². The van der Waals surface area contributed by atoms with Crippen LogP contribution in [0.5, 0.6) is 0 Å². The van der Waals surface area contributed by atoms with E-state index in [1.165, 1.54) is 44.9 Å². The van der Waals surface area contributed by atoms with Crippen LogP contribution in [0.4, 0.5) is 0 Å². The van der Waals surface area contributed by atoms with Crippen LogP contribution in [-0.2, 0) is 4.79 Å². The van der Waals surface area contributed by atoms with Gasteiger partial charge in [-0.05, 0) is 117 Å². The van der Waals surface area contributed by atoms with E-state index in [1.807, 2.05) is 0 Å². The summed E-state index contributed by atoms with van der Waals surface area (Å²) in [6.07, 6.45) is 9.06. The maximum absolute atomic E-state index is 10.9. The molecule has 4 fully saturated rings. The largest absolute Gasteiger partial charge is 0.479 e. The average Bonchev–Trinajstić information content (AvgIpc) is 3.09. The van der Waals surface area contributed by atoms with Gasteiger partial charge in [0, 0.05) is 0 Å². The van der Waals surface area contributed by atoms with E-state index < -0.39 is 18.2 Å². The van der Waals surface area contributed by atoms with Crippen molar-refractivity contribution in [2.24, 2.45) is 46.3 Å². The molecule has 4 rings (SSSR count). The standard InChI is InChI=1S/C26H44O5/c1-15(4-9-22(28)23(29)24(30)31)19-7-8-20-18-6-5-16-14-17(27)10-12-25(16,2)21(18)11-13-26(19,20)3/h15-23,27-29H,4-14H2,1-3H3,(H,30,31). The molecule has 11 unspecified atom stereocenters. The lowest BCUT2D eigenvalue weighted by molar-refractivity contribution is -0.153. The van der Waals surface area contributed by atoms with Crippen LogP contribution in [0.3, 0.4) is 0 Å². The van der Waals surface area contributed by atoms with Gasteiger partial charge in [0.2, 0.25) is 0 Å². The van der Waals surface area contributed by atoms with Crippen molar-refractivity contribution in [1.82, 2.24) is 0 Å². The van der Waals surface area contributed by atoms with Gasteiger partial charge < -0.3 is 20.4 Å². The zero-order chi connectivity index (χ0) is 22.6. The van der Waals surface area contributed by atoms with Gasteiger partial charge in [0.1, 0.15) is 0 Å². The Kier molecular flexibility index (Phi) is 6.53. The predicted molar refractivity (Wildman–Crippen MR) is 119 cm³/mol. The van der Waals surface area contributed by atoms with Crippen molar-refractivity contribution in [2.45, 2.75) is 110 Å². The van der Waals surface area contributed by atoms with Crippen molar-refractivity contribution in [3.8, 4) is 0 Å². The van der Waals surface area contributed by atoms with E-state index in [1.54, 1.807) is 0 Å². The van der Waals surface area contributed by atoms with Crippen molar-refractivity contribution >= 4 is 5.97 Å². The second kappa shape index (κ2) is 8.61. The Bertz CT molecular complexity index is 666. The molecule has 0 saturated heterocycles. The minimum Gasteiger partial charge on any atom is -0.479 e. The average molecular weight is 437 g/mol. The molecule has 0 radical (unpaired) electrons. The Balaban J connectivity index is 1.43. The van der Waals surface area contributed by atoms with Gasteiger partial charge in [-0.25, -0.2) is 4.79 Å². The molecule has 0 aromatic heterocycles. The van der Waals surface area contributed by atoms with Crippen molar-refractivity contribution in [3.05, 3.63) is 0 Å². The van der Waals surface area contributed by atoms with E-state index in [4.69, 9.17) is 5.11 Å². The maximum atomic E-state index is 10.9. The van der Waals surface area contributed by atoms with Gasteiger partial charge in [0.05, 0.1) is 12.2 Å². The number of rotatable bonds is 6. The fourth-order valence-corrected chi connectivity index (χ4v) is 9.17. The lowest BCUT2D eigenvalue weighted by Gasteiger charge is -2.61. The summed E-state index contributed by atoms with van der Waals surface area (Å²) in [7, 11) is 0. The Morgan fingerprint density at radius 3 is 2.32 bits per heavy atom. The number of aliphatic hydroxyl groups excluding tert-OH is 3. The third-order valence-corrected chi connectivity index (χ3v) is 10.9. The van der Waals surface area contributed by atoms with E-state index in [0.717, 1.165) is 37.0 Å². The number of carbonyl (C=O) groups is 1. The maximum Gasteiger partial charge on any atom is 0.335 e. The van der Waals surface area contributed by atoms with Crippen LogP contribution in [0, 0.1) is 46.3 Å². The van der Waals surface area contributed by atoms with E-state index in [9.17, 15) is 20.1 Å². The first-order valence-electron chi connectivity index (χ1n) is 12.8. The lowest BCUT2D eigenvalue weighted by atomic mass is 9.44. The molecule has 0 aliphatic heterocycles. The van der Waals surface area contributed by atoms with Gasteiger partial charge in [-0.1, -0.05) is 20.8 Å². The summed E-state index contributed by atoms with van der Waals surface area (Å²) in [5.41, 5.74) is 0.749. The quantitative estimate of drug-likeness (QED) is 0.499. The summed E-state index contributed by atoms with van der Waals surface area (Å²) < 4.78 is 0. The summed E-state index contributed by atoms with van der Waals surface area (Å²) >= 11 is 0. The SMILES string of the molecule is CC(CCC(O)C(O)C(=O)O)C1CCC2C3CCC4CC(O)CCC4(C)C3CCC12C. The number of fused-ring (bicyclic) bond motifs is 5. The Labute approximate surface area is 187 Å². The zero-order valence-electron chi connectivity index (χ0n) is 19.7. The first-order valence-corrected chi connectivity index (χ1v) is 12.8. The molecular weight excluding hydrogens is 392 g/mol. The molecule has 4 saturated carbocycles. The predicted octanol–water partition coefficient (Wildman–Crippen LogP) is 4.23. The monoisotopic (exact) mass is 436 g/mol. The van der Waals surface area contributed by atoms with E-state index in [-0.39, 0.29) is 6.10 Å². The lowest BCUT2D eigenvalue weighted by Crippen LogP contribution is -2.54. The first-order chi connectivity index (χ1) is 14.6. The van der Waals surface area contributed by atoms with Crippen molar-refractivity contribution in [3.63, 3.8) is 0 Å². The zero-order valence-corrected chi connectivity index (χ0v) is 19.7. The number of hydrogen-bond donors (Lipinski definition) is 4. The molecule has 4 aliphatic carbocycles. The molecule has 0 bridgehead atoms. The topological polar surface area (TPSA) is 98.0 Å². The molecule has 0 amide bonds. The van der Waals surface area contributed by atoms with Gasteiger partial charge in [-0.2, -0.15) is 0 Å². The fraction of sp³-hybridized carbons (Fsp3) is 0.962. The van der Waals surface area contributed by atoms with Crippen LogP contribution in [-0.4, -0.2) is 44.7 Å². The Morgan fingerprint density at radius 2 is 1.61 bits per heavy atom. The smallest absolute Gasteiger partial charge is 0.335 e. The van der Waals surface area contributed by atoms with Gasteiger partial charge in [-0.15, -0.1) is 0 Å². The van der Waals surface area contributed by atoms with Gasteiger partial charge in [0.25, 0.3) is 0 Å². The minimum atomic E-state index is -1.68. The third-order valence-electron chi connectivity index (χ3n) is 10.9. The van der Waals surface area contributed by atoms with Gasteiger partial charge in [0.15, 0.2) is 6.10 Å². The molecule has 178 valence electrons. The molecule has 0 heterocycles. The normalized spacial score (nSPS) is 47.5. The van der Waals surface area contributed by atoms with Crippen molar-refractivity contribution < 1.29 is 25.2 Å². The van der Waals surface area contributed by atoms with E-state index in [2.05, 4.69) is 20.8 Å². The third kappa shape index (κ3) is 3.97. The van der Waals surface area contributed by atoms with Gasteiger partial charge in [-0.3, -0.25) is 0 Å². The number of aliphatic carboxylic acids is 1. The molecule has 0 spiro atoms. The molecular formula is C26H44O5. The highest BCUT2D eigenvalue weighted by Gasteiger charge is 2.60. The molecule has 11 atom stereocenters. The Hall–Kier alpha value is -0.650. The highest BCUT2D eigenvalue weighted by molar-refractivity contribution is 5.72. The second-order valence-corrected chi connectivity index (χ2v) is 12.2. The molecule has 31 heavy (non-hydrogen) atoms. The number of carboxylic acid groups (broad SMARTS) is 1. The van der Waals surface area contributed by atoms with Crippen LogP contribution < -0.4 is 0 Å². The minimum absolute atomic E-state index is 0.0878. The molecule has 0 aromatic carbocycles. The molecule has 4 N–H and O–H groups in total. The van der Waals surface area contributed by atoms with E-state index >= 15 is 0 Å². The summed E-state index contributed by atoms with van der Waals surface area (Å²) in [6, 6.07) is 0. The van der Waals surface area contributed by atoms with Gasteiger partial charge >= 0.3 is 5.97 Å². The Morgan fingerprint density at radius 1 is 0.935 bits per heavy atom. The van der Waals surface area contributed by atoms with Crippen LogP contribution in [0.25, 0.3) is 0 Å². The second-order valence-electron chi connectivity index (χ2n) is 12.2.